The highest BCUT2D eigenvalue weighted by Gasteiger charge is 2.30. The molecule has 0 bridgehead atoms. The first-order valence-corrected chi connectivity index (χ1v) is 8.14. The van der Waals surface area contributed by atoms with Crippen LogP contribution in [0.3, 0.4) is 0 Å². The summed E-state index contributed by atoms with van der Waals surface area (Å²) in [5.74, 6) is 1.15. The van der Waals surface area contributed by atoms with E-state index in [9.17, 15) is 13.2 Å². The third-order valence-corrected chi connectivity index (χ3v) is 4.33. The molecule has 2 aromatic rings. The van der Waals surface area contributed by atoms with Gasteiger partial charge in [0.05, 0.1) is 5.56 Å². The lowest BCUT2D eigenvalue weighted by Crippen LogP contribution is -2.41. The SMILES string of the molecule is CN(c1ccnc(Nc2ccc(C(F)(F)F)cc2)n1)C1CCNCC1. The maximum absolute atomic E-state index is 12.6. The van der Waals surface area contributed by atoms with Crippen LogP contribution in [-0.2, 0) is 6.18 Å². The molecule has 2 N–H and O–H groups in total. The Morgan fingerprint density at radius 3 is 2.44 bits per heavy atom. The number of hydrogen-bond donors (Lipinski definition) is 2. The molecule has 1 aromatic heterocycles. The van der Waals surface area contributed by atoms with Gasteiger partial charge in [-0.3, -0.25) is 0 Å². The molecule has 0 radical (unpaired) electrons. The molecule has 0 atom stereocenters. The van der Waals surface area contributed by atoms with Crippen LogP contribution < -0.4 is 15.5 Å². The number of alkyl halides is 3. The van der Waals surface area contributed by atoms with Crippen molar-refractivity contribution < 1.29 is 13.2 Å². The van der Waals surface area contributed by atoms with E-state index in [0.29, 0.717) is 17.7 Å². The Morgan fingerprint density at radius 1 is 1.12 bits per heavy atom. The second kappa shape index (κ2) is 7.26. The number of hydrogen-bond acceptors (Lipinski definition) is 5. The number of rotatable bonds is 4. The van der Waals surface area contributed by atoms with Crippen molar-refractivity contribution in [2.75, 3.05) is 30.4 Å². The molecule has 3 rings (SSSR count). The number of aromatic nitrogens is 2. The molecule has 8 heteroatoms. The van der Waals surface area contributed by atoms with Crippen LogP contribution in [0.5, 0.6) is 0 Å². The van der Waals surface area contributed by atoms with E-state index in [0.717, 1.165) is 43.9 Å². The normalized spacial score (nSPS) is 15.8. The second-order valence-electron chi connectivity index (χ2n) is 6.03. The number of nitrogens with zero attached hydrogens (tertiary/aromatic N) is 3. The lowest BCUT2D eigenvalue weighted by molar-refractivity contribution is -0.137. The van der Waals surface area contributed by atoms with Crippen molar-refractivity contribution in [2.45, 2.75) is 25.1 Å². The zero-order valence-electron chi connectivity index (χ0n) is 13.8. The molecular formula is C17H20F3N5. The lowest BCUT2D eigenvalue weighted by atomic mass is 10.1. The summed E-state index contributed by atoms with van der Waals surface area (Å²) in [6.07, 6.45) is -0.608. The number of benzene rings is 1. The Morgan fingerprint density at radius 2 is 1.80 bits per heavy atom. The molecule has 134 valence electrons. The maximum atomic E-state index is 12.6. The summed E-state index contributed by atoms with van der Waals surface area (Å²) >= 11 is 0. The van der Waals surface area contributed by atoms with Crippen LogP contribution in [0, 0.1) is 0 Å². The highest BCUT2D eigenvalue weighted by atomic mass is 19.4. The third kappa shape index (κ3) is 4.39. The summed E-state index contributed by atoms with van der Waals surface area (Å²) in [6, 6.07) is 7.06. The third-order valence-electron chi connectivity index (χ3n) is 4.33. The molecule has 0 unspecified atom stereocenters. The van der Waals surface area contributed by atoms with Crippen molar-refractivity contribution in [2.24, 2.45) is 0 Å². The van der Waals surface area contributed by atoms with Crippen molar-refractivity contribution in [3.8, 4) is 0 Å². The maximum Gasteiger partial charge on any atom is 0.416 e. The van der Waals surface area contributed by atoms with Gasteiger partial charge in [0.25, 0.3) is 0 Å². The quantitative estimate of drug-likeness (QED) is 0.884. The Bertz CT molecular complexity index is 696. The minimum atomic E-state index is -4.34. The molecule has 0 spiro atoms. The zero-order valence-corrected chi connectivity index (χ0v) is 13.8. The minimum Gasteiger partial charge on any atom is -0.356 e. The van der Waals surface area contributed by atoms with Crippen LogP contribution in [0.2, 0.25) is 0 Å². The summed E-state index contributed by atoms with van der Waals surface area (Å²) in [7, 11) is 2.00. The largest absolute Gasteiger partial charge is 0.416 e. The van der Waals surface area contributed by atoms with Crippen LogP contribution in [-0.4, -0.2) is 36.1 Å². The van der Waals surface area contributed by atoms with E-state index < -0.39 is 11.7 Å². The van der Waals surface area contributed by atoms with Crippen molar-refractivity contribution in [3.05, 3.63) is 42.1 Å². The summed E-state index contributed by atoms with van der Waals surface area (Å²) in [6.45, 7) is 1.97. The molecule has 0 amide bonds. The van der Waals surface area contributed by atoms with Gasteiger partial charge >= 0.3 is 6.18 Å². The van der Waals surface area contributed by atoms with E-state index in [2.05, 4.69) is 25.5 Å². The fraction of sp³-hybridized carbons (Fsp3) is 0.412. The van der Waals surface area contributed by atoms with E-state index >= 15 is 0 Å². The predicted molar refractivity (Wildman–Crippen MR) is 91.1 cm³/mol. The van der Waals surface area contributed by atoms with E-state index in [-0.39, 0.29) is 0 Å². The number of nitrogens with one attached hydrogen (secondary N) is 2. The van der Waals surface area contributed by atoms with Gasteiger partial charge in [0.15, 0.2) is 0 Å². The fourth-order valence-corrected chi connectivity index (χ4v) is 2.86. The van der Waals surface area contributed by atoms with Gasteiger partial charge in [-0.1, -0.05) is 0 Å². The van der Waals surface area contributed by atoms with Gasteiger partial charge in [-0.15, -0.1) is 0 Å². The van der Waals surface area contributed by atoms with Crippen molar-refractivity contribution >= 4 is 17.5 Å². The molecule has 5 nitrogen and oxygen atoms in total. The average Bonchev–Trinajstić information content (AvgIpc) is 2.62. The van der Waals surface area contributed by atoms with E-state index in [4.69, 9.17) is 0 Å². The topological polar surface area (TPSA) is 53.1 Å². The molecular weight excluding hydrogens is 331 g/mol. The van der Waals surface area contributed by atoms with Crippen LogP contribution >= 0.6 is 0 Å². The summed E-state index contributed by atoms with van der Waals surface area (Å²) in [5, 5.41) is 6.28. The van der Waals surface area contributed by atoms with Gasteiger partial charge in [-0.05, 0) is 56.3 Å². The van der Waals surface area contributed by atoms with Gasteiger partial charge in [0.2, 0.25) is 5.95 Å². The first-order chi connectivity index (χ1) is 11.9. The Balaban J connectivity index is 1.71. The lowest BCUT2D eigenvalue weighted by Gasteiger charge is -2.32. The summed E-state index contributed by atoms with van der Waals surface area (Å²) in [5.41, 5.74) is -0.173. The Labute approximate surface area is 144 Å². The molecule has 25 heavy (non-hydrogen) atoms. The molecule has 1 aliphatic rings. The van der Waals surface area contributed by atoms with Crippen molar-refractivity contribution in [3.63, 3.8) is 0 Å². The Hall–Kier alpha value is -2.35. The van der Waals surface area contributed by atoms with E-state index in [1.807, 2.05) is 13.1 Å². The average molecular weight is 351 g/mol. The van der Waals surface area contributed by atoms with E-state index in [1.54, 1.807) is 6.20 Å². The van der Waals surface area contributed by atoms with Gasteiger partial charge in [-0.2, -0.15) is 18.2 Å². The van der Waals surface area contributed by atoms with Crippen molar-refractivity contribution in [1.82, 2.24) is 15.3 Å². The minimum absolute atomic E-state index is 0.359. The molecule has 1 aromatic carbocycles. The predicted octanol–water partition coefficient (Wildman–Crippen LogP) is 3.43. The monoisotopic (exact) mass is 351 g/mol. The molecule has 1 fully saturated rings. The van der Waals surface area contributed by atoms with Crippen LogP contribution in [0.1, 0.15) is 18.4 Å². The highest BCUT2D eigenvalue weighted by molar-refractivity contribution is 5.55. The molecule has 1 aliphatic heterocycles. The summed E-state index contributed by atoms with van der Waals surface area (Å²) < 4.78 is 37.8. The van der Waals surface area contributed by atoms with Crippen LogP contribution in [0.25, 0.3) is 0 Å². The molecule has 0 saturated carbocycles. The number of piperidine rings is 1. The van der Waals surface area contributed by atoms with Gasteiger partial charge in [0.1, 0.15) is 5.82 Å². The summed E-state index contributed by atoms with van der Waals surface area (Å²) in [4.78, 5) is 10.8. The molecule has 2 heterocycles. The van der Waals surface area contributed by atoms with Crippen LogP contribution in [0.4, 0.5) is 30.6 Å². The first kappa shape index (κ1) is 17.5. The highest BCUT2D eigenvalue weighted by Crippen LogP contribution is 2.30. The molecule has 0 aliphatic carbocycles. The first-order valence-electron chi connectivity index (χ1n) is 8.14. The number of halogens is 3. The standard InChI is InChI=1S/C17H20F3N5/c1-25(14-6-9-21-10-7-14)15-8-11-22-16(24-15)23-13-4-2-12(3-5-13)17(18,19)20/h2-5,8,11,14,21H,6-7,9-10H2,1H3,(H,22,23,24). The Kier molecular flexibility index (Phi) is 5.08. The second-order valence-corrected chi connectivity index (χ2v) is 6.03. The smallest absolute Gasteiger partial charge is 0.356 e. The van der Waals surface area contributed by atoms with Crippen LogP contribution in [0.15, 0.2) is 36.5 Å². The molecule has 1 saturated heterocycles. The van der Waals surface area contributed by atoms with E-state index in [1.165, 1.54) is 12.1 Å². The fourth-order valence-electron chi connectivity index (χ4n) is 2.86. The number of anilines is 3. The zero-order chi connectivity index (χ0) is 17.9. The van der Waals surface area contributed by atoms with Gasteiger partial charge < -0.3 is 15.5 Å². The van der Waals surface area contributed by atoms with Gasteiger partial charge in [0, 0.05) is 25.0 Å². The van der Waals surface area contributed by atoms with Crippen molar-refractivity contribution in [1.29, 1.82) is 0 Å². The van der Waals surface area contributed by atoms with Gasteiger partial charge in [-0.25, -0.2) is 4.98 Å².